The molecule has 0 saturated carbocycles. The minimum absolute atomic E-state index is 0.0230. The molecule has 0 radical (unpaired) electrons. The van der Waals surface area contributed by atoms with Crippen LogP contribution >= 0.6 is 0 Å². The van der Waals surface area contributed by atoms with E-state index < -0.39 is 12.2 Å². The van der Waals surface area contributed by atoms with Gasteiger partial charge in [-0.2, -0.15) is 0 Å². The molecule has 0 spiro atoms. The quantitative estimate of drug-likeness (QED) is 0.688. The van der Waals surface area contributed by atoms with Crippen LogP contribution in [0.5, 0.6) is 11.5 Å². The number of benzene rings is 1. The van der Waals surface area contributed by atoms with Gasteiger partial charge in [0, 0.05) is 13.5 Å². The number of carbonyl (C=O) groups is 1. The molecule has 0 aliphatic carbocycles. The lowest BCUT2D eigenvalue weighted by atomic mass is 10.0. The van der Waals surface area contributed by atoms with Crippen LogP contribution in [0, 0.1) is 0 Å². The maximum absolute atomic E-state index is 10.8. The Balaban J connectivity index is 2.81. The average Bonchev–Trinajstić information content (AvgIpc) is 2.42. The summed E-state index contributed by atoms with van der Waals surface area (Å²) in [6, 6.07) is 4.85. The van der Waals surface area contributed by atoms with Crippen molar-refractivity contribution in [2.24, 2.45) is 0 Å². The van der Waals surface area contributed by atoms with E-state index >= 15 is 0 Å². The molecule has 19 heavy (non-hydrogen) atoms. The molecule has 0 fully saturated rings. The standard InChI is InChI=1S/C13H19NO5/c1-8(15)14-7-10(16)13(17)9-4-5-11(18-2)12(6-9)19-3/h4-6,10,13,16-17H,7H2,1-3H3,(H,14,15). The van der Waals surface area contributed by atoms with Crippen LogP contribution in [0.25, 0.3) is 0 Å². The van der Waals surface area contributed by atoms with E-state index in [4.69, 9.17) is 9.47 Å². The number of aliphatic hydroxyl groups excluding tert-OH is 2. The normalized spacial score (nSPS) is 13.5. The fourth-order valence-electron chi connectivity index (χ4n) is 1.62. The van der Waals surface area contributed by atoms with Crippen molar-refractivity contribution < 1.29 is 24.5 Å². The Morgan fingerprint density at radius 3 is 2.42 bits per heavy atom. The lowest BCUT2D eigenvalue weighted by Gasteiger charge is -2.19. The maximum Gasteiger partial charge on any atom is 0.216 e. The largest absolute Gasteiger partial charge is 0.493 e. The van der Waals surface area contributed by atoms with E-state index in [1.165, 1.54) is 21.1 Å². The number of ether oxygens (including phenoxy) is 2. The molecular weight excluding hydrogens is 250 g/mol. The van der Waals surface area contributed by atoms with Crippen LogP contribution in [0.4, 0.5) is 0 Å². The van der Waals surface area contributed by atoms with Crippen molar-refractivity contribution in [2.75, 3.05) is 20.8 Å². The molecular formula is C13H19NO5. The van der Waals surface area contributed by atoms with Crippen molar-refractivity contribution in [1.29, 1.82) is 0 Å². The van der Waals surface area contributed by atoms with Crippen LogP contribution in [0.1, 0.15) is 18.6 Å². The Labute approximate surface area is 112 Å². The van der Waals surface area contributed by atoms with E-state index in [-0.39, 0.29) is 12.5 Å². The Kier molecular flexibility index (Phi) is 5.59. The van der Waals surface area contributed by atoms with E-state index in [0.29, 0.717) is 17.1 Å². The van der Waals surface area contributed by atoms with Gasteiger partial charge in [0.1, 0.15) is 12.2 Å². The predicted molar refractivity (Wildman–Crippen MR) is 69.2 cm³/mol. The fraction of sp³-hybridized carbons (Fsp3) is 0.462. The maximum atomic E-state index is 10.8. The van der Waals surface area contributed by atoms with Crippen LogP contribution in [-0.2, 0) is 4.79 Å². The molecule has 6 nitrogen and oxygen atoms in total. The Morgan fingerprint density at radius 2 is 1.89 bits per heavy atom. The number of amides is 1. The van der Waals surface area contributed by atoms with Gasteiger partial charge in [-0.1, -0.05) is 6.07 Å². The molecule has 2 unspecified atom stereocenters. The minimum Gasteiger partial charge on any atom is -0.493 e. The topological polar surface area (TPSA) is 88.0 Å². The molecule has 106 valence electrons. The third-order valence-corrected chi connectivity index (χ3v) is 2.67. The third-order valence-electron chi connectivity index (χ3n) is 2.67. The molecule has 0 aliphatic rings. The van der Waals surface area contributed by atoms with Crippen molar-refractivity contribution in [3.63, 3.8) is 0 Å². The highest BCUT2D eigenvalue weighted by Crippen LogP contribution is 2.30. The van der Waals surface area contributed by atoms with Crippen molar-refractivity contribution in [3.05, 3.63) is 23.8 Å². The smallest absolute Gasteiger partial charge is 0.216 e. The van der Waals surface area contributed by atoms with E-state index in [1.54, 1.807) is 18.2 Å². The zero-order valence-corrected chi connectivity index (χ0v) is 11.2. The van der Waals surface area contributed by atoms with E-state index in [1.807, 2.05) is 0 Å². The van der Waals surface area contributed by atoms with Crippen LogP contribution in [-0.4, -0.2) is 43.0 Å². The third kappa shape index (κ3) is 4.11. The van der Waals surface area contributed by atoms with Crippen molar-refractivity contribution in [3.8, 4) is 11.5 Å². The van der Waals surface area contributed by atoms with E-state index in [9.17, 15) is 15.0 Å². The summed E-state index contributed by atoms with van der Waals surface area (Å²) >= 11 is 0. The number of hydrogen-bond donors (Lipinski definition) is 3. The monoisotopic (exact) mass is 269 g/mol. The van der Waals surface area contributed by atoms with Crippen LogP contribution in [0.3, 0.4) is 0 Å². The summed E-state index contributed by atoms with van der Waals surface area (Å²) in [6.45, 7) is 1.32. The number of hydrogen-bond acceptors (Lipinski definition) is 5. The Hall–Kier alpha value is -1.79. The molecule has 0 bridgehead atoms. The first-order chi connectivity index (χ1) is 8.99. The van der Waals surface area contributed by atoms with E-state index in [2.05, 4.69) is 5.32 Å². The first-order valence-electron chi connectivity index (χ1n) is 5.82. The Bertz CT molecular complexity index is 435. The molecule has 0 aromatic heterocycles. The van der Waals surface area contributed by atoms with Gasteiger partial charge < -0.3 is 25.0 Å². The van der Waals surface area contributed by atoms with Gasteiger partial charge in [0.15, 0.2) is 11.5 Å². The fourth-order valence-corrected chi connectivity index (χ4v) is 1.62. The SMILES string of the molecule is COc1ccc(C(O)C(O)CNC(C)=O)cc1OC. The summed E-state index contributed by atoms with van der Waals surface area (Å²) in [4.78, 5) is 10.8. The molecule has 6 heteroatoms. The van der Waals surface area contributed by atoms with Gasteiger partial charge in [-0.25, -0.2) is 0 Å². The van der Waals surface area contributed by atoms with Gasteiger partial charge in [-0.3, -0.25) is 4.79 Å². The first-order valence-corrected chi connectivity index (χ1v) is 5.82. The summed E-state index contributed by atoms with van der Waals surface area (Å²) in [6.07, 6.45) is -2.21. The summed E-state index contributed by atoms with van der Waals surface area (Å²) < 4.78 is 10.2. The van der Waals surface area contributed by atoms with Crippen molar-refractivity contribution >= 4 is 5.91 Å². The Morgan fingerprint density at radius 1 is 1.26 bits per heavy atom. The number of rotatable bonds is 6. The molecule has 3 N–H and O–H groups in total. The minimum atomic E-state index is -1.12. The molecule has 1 aromatic rings. The van der Waals surface area contributed by atoms with E-state index in [0.717, 1.165) is 0 Å². The number of aliphatic hydroxyl groups is 2. The van der Waals surface area contributed by atoms with Crippen LogP contribution in [0.15, 0.2) is 18.2 Å². The second-order valence-corrected chi connectivity index (χ2v) is 4.06. The lowest BCUT2D eigenvalue weighted by molar-refractivity contribution is -0.119. The molecule has 0 heterocycles. The van der Waals surface area contributed by atoms with Gasteiger partial charge in [-0.15, -0.1) is 0 Å². The highest BCUT2D eigenvalue weighted by molar-refractivity contribution is 5.72. The zero-order chi connectivity index (χ0) is 14.4. The van der Waals surface area contributed by atoms with Gasteiger partial charge in [-0.05, 0) is 17.7 Å². The van der Waals surface area contributed by atoms with Crippen LogP contribution in [0.2, 0.25) is 0 Å². The molecule has 1 rings (SSSR count). The number of nitrogens with one attached hydrogen (secondary N) is 1. The van der Waals surface area contributed by atoms with Crippen LogP contribution < -0.4 is 14.8 Å². The summed E-state index contributed by atoms with van der Waals surface area (Å²) in [7, 11) is 3.00. The second kappa shape index (κ2) is 6.96. The predicted octanol–water partition coefficient (Wildman–Crippen LogP) is 0.234. The number of carbonyl (C=O) groups excluding carboxylic acids is 1. The molecule has 0 saturated heterocycles. The molecule has 1 aromatic carbocycles. The van der Waals surface area contributed by atoms with Gasteiger partial charge in [0.2, 0.25) is 5.91 Å². The summed E-state index contributed by atoms with van der Waals surface area (Å²) in [5.74, 6) is 0.735. The average molecular weight is 269 g/mol. The van der Waals surface area contributed by atoms with Gasteiger partial charge >= 0.3 is 0 Å². The molecule has 0 aliphatic heterocycles. The van der Waals surface area contributed by atoms with Gasteiger partial charge in [0.25, 0.3) is 0 Å². The summed E-state index contributed by atoms with van der Waals surface area (Å²) in [5.41, 5.74) is 0.482. The van der Waals surface area contributed by atoms with Crippen molar-refractivity contribution in [1.82, 2.24) is 5.32 Å². The summed E-state index contributed by atoms with van der Waals surface area (Å²) in [5, 5.41) is 22.2. The second-order valence-electron chi connectivity index (χ2n) is 4.06. The lowest BCUT2D eigenvalue weighted by Crippen LogP contribution is -2.34. The number of methoxy groups -OCH3 is 2. The van der Waals surface area contributed by atoms with Gasteiger partial charge in [0.05, 0.1) is 14.2 Å². The molecule has 1 amide bonds. The highest BCUT2D eigenvalue weighted by Gasteiger charge is 2.20. The first kappa shape index (κ1) is 15.3. The molecule has 2 atom stereocenters. The zero-order valence-electron chi connectivity index (χ0n) is 11.2. The van der Waals surface area contributed by atoms with Crippen molar-refractivity contribution in [2.45, 2.75) is 19.1 Å². The highest BCUT2D eigenvalue weighted by atomic mass is 16.5.